The van der Waals surface area contributed by atoms with Gasteiger partial charge in [-0.2, -0.15) is 0 Å². The average molecular weight is 688 g/mol. The number of esters is 1. The Labute approximate surface area is 274 Å². The summed E-state index contributed by atoms with van der Waals surface area (Å²) in [5.74, 6) is 0.842. The van der Waals surface area contributed by atoms with Gasteiger partial charge in [-0.3, -0.25) is 9.36 Å². The molecule has 0 saturated carbocycles. The van der Waals surface area contributed by atoms with Gasteiger partial charge < -0.3 is 14.2 Å². The number of nitrogens with zero attached hydrogens (tertiary/aromatic N) is 2. The number of halogens is 1. The lowest BCUT2D eigenvalue weighted by molar-refractivity contribution is -0.139. The Hall–Kier alpha value is -4.21. The van der Waals surface area contributed by atoms with Gasteiger partial charge in [0.25, 0.3) is 5.56 Å². The third-order valence-corrected chi connectivity index (χ3v) is 8.66. The van der Waals surface area contributed by atoms with Crippen molar-refractivity contribution in [2.45, 2.75) is 52.9 Å². The molecular formula is C36H35BrN2O5S. The van der Waals surface area contributed by atoms with E-state index < -0.39 is 12.0 Å². The summed E-state index contributed by atoms with van der Waals surface area (Å²) in [7, 11) is 0. The molecule has 0 amide bonds. The zero-order valence-electron chi connectivity index (χ0n) is 25.7. The molecule has 232 valence electrons. The highest BCUT2D eigenvalue weighted by Crippen LogP contribution is 2.36. The van der Waals surface area contributed by atoms with Gasteiger partial charge in [0.15, 0.2) is 4.80 Å². The number of rotatable bonds is 11. The number of allylic oxidation sites excluding steroid dienone is 2. The van der Waals surface area contributed by atoms with Crippen LogP contribution in [0.4, 0.5) is 0 Å². The molecule has 5 rings (SSSR count). The van der Waals surface area contributed by atoms with Crippen molar-refractivity contribution in [1.29, 1.82) is 0 Å². The van der Waals surface area contributed by atoms with Gasteiger partial charge in [0.2, 0.25) is 0 Å². The fraction of sp³-hybridized carbons (Fsp3) is 0.250. The summed E-state index contributed by atoms with van der Waals surface area (Å²) < 4.78 is 20.8. The number of carbonyl (C=O) groups excluding carboxylic acids is 1. The molecule has 0 aliphatic carbocycles. The minimum absolute atomic E-state index is 0.107. The van der Waals surface area contributed by atoms with Crippen molar-refractivity contribution in [3.8, 4) is 11.5 Å². The molecule has 1 aliphatic heterocycles. The maximum Gasteiger partial charge on any atom is 0.338 e. The maximum absolute atomic E-state index is 14.2. The number of para-hydroxylation sites is 1. The van der Waals surface area contributed by atoms with Crippen molar-refractivity contribution < 1.29 is 19.0 Å². The number of carbonyl (C=O) groups is 1. The predicted molar refractivity (Wildman–Crippen MR) is 181 cm³/mol. The molecule has 0 fully saturated rings. The summed E-state index contributed by atoms with van der Waals surface area (Å²) >= 11 is 4.75. The molecule has 1 aromatic heterocycles. The van der Waals surface area contributed by atoms with Gasteiger partial charge in [-0.25, -0.2) is 9.79 Å². The number of benzene rings is 3. The standard InChI is InChI=1S/C36H35BrN2O5S/c1-6-10-26-19-25(15-18-29(26)43-21-24-13-16-27(37)17-14-24)20-31-34(40)39-33(28-11-8-9-12-30(28)44-22(3)4)32(35(41)42-7-2)23(5)38-36(39)45-31/h6,8-9,11-20,22,33H,1,7,10,21H2,2-5H3/b31-20+/t33-/m1/s1. The van der Waals surface area contributed by atoms with Crippen LogP contribution in [0, 0.1) is 0 Å². The van der Waals surface area contributed by atoms with Crippen LogP contribution in [0.3, 0.4) is 0 Å². The van der Waals surface area contributed by atoms with Crippen molar-refractivity contribution in [3.05, 3.63) is 137 Å². The maximum atomic E-state index is 14.2. The predicted octanol–water partition coefficient (Wildman–Crippen LogP) is 6.66. The fourth-order valence-corrected chi connectivity index (χ4v) is 6.50. The molecule has 0 N–H and O–H groups in total. The Kier molecular flexibility index (Phi) is 10.2. The van der Waals surface area contributed by atoms with Crippen LogP contribution in [-0.2, 0) is 22.6 Å². The first-order chi connectivity index (χ1) is 21.7. The summed E-state index contributed by atoms with van der Waals surface area (Å²) in [6.45, 7) is 12.0. The summed E-state index contributed by atoms with van der Waals surface area (Å²) in [5, 5.41) is 0. The Morgan fingerprint density at radius 2 is 1.87 bits per heavy atom. The summed E-state index contributed by atoms with van der Waals surface area (Å²) in [6.07, 6.45) is 4.18. The van der Waals surface area contributed by atoms with E-state index in [0.717, 1.165) is 26.9 Å². The lowest BCUT2D eigenvalue weighted by Gasteiger charge is -2.26. The average Bonchev–Trinajstić information content (AvgIpc) is 3.31. The van der Waals surface area contributed by atoms with Gasteiger partial charge in [0.1, 0.15) is 24.1 Å². The molecule has 9 heteroatoms. The normalized spacial score (nSPS) is 14.6. The van der Waals surface area contributed by atoms with Crippen LogP contribution in [0.1, 0.15) is 56.0 Å². The first-order valence-electron chi connectivity index (χ1n) is 14.8. The highest BCUT2D eigenvalue weighted by molar-refractivity contribution is 9.10. The Bertz CT molecular complexity index is 1940. The SMILES string of the molecule is C=CCc1cc(/C=c2/sc3n(c2=O)[C@H](c2ccccc2OC(C)C)C(C(=O)OCC)=C(C)N=3)ccc1OCc1ccc(Br)cc1. The Morgan fingerprint density at radius 3 is 2.58 bits per heavy atom. The second kappa shape index (κ2) is 14.3. The molecule has 1 aliphatic rings. The second-order valence-electron chi connectivity index (χ2n) is 10.8. The third-order valence-electron chi connectivity index (χ3n) is 7.15. The molecule has 0 saturated heterocycles. The molecule has 0 radical (unpaired) electrons. The minimum Gasteiger partial charge on any atom is -0.491 e. The number of aromatic nitrogens is 1. The van der Waals surface area contributed by atoms with E-state index in [4.69, 9.17) is 19.2 Å². The number of hydrogen-bond donors (Lipinski definition) is 0. The zero-order valence-corrected chi connectivity index (χ0v) is 28.1. The second-order valence-corrected chi connectivity index (χ2v) is 12.7. The fourth-order valence-electron chi connectivity index (χ4n) is 5.19. The van der Waals surface area contributed by atoms with Gasteiger partial charge in [-0.1, -0.05) is 69.7 Å². The van der Waals surface area contributed by atoms with E-state index in [2.05, 4.69) is 22.5 Å². The van der Waals surface area contributed by atoms with Crippen molar-refractivity contribution in [2.24, 2.45) is 4.99 Å². The van der Waals surface area contributed by atoms with Crippen LogP contribution in [0.5, 0.6) is 11.5 Å². The number of thiazole rings is 1. The highest BCUT2D eigenvalue weighted by atomic mass is 79.9. The molecule has 3 aromatic carbocycles. The Balaban J connectivity index is 1.58. The minimum atomic E-state index is -0.761. The molecule has 7 nitrogen and oxygen atoms in total. The van der Waals surface area contributed by atoms with Gasteiger partial charge in [0, 0.05) is 10.0 Å². The van der Waals surface area contributed by atoms with Gasteiger partial charge in [0.05, 0.1) is 28.5 Å². The van der Waals surface area contributed by atoms with Crippen LogP contribution in [0.15, 0.2) is 105 Å². The monoisotopic (exact) mass is 686 g/mol. The van der Waals surface area contributed by atoms with Gasteiger partial charge in [-0.05, 0) is 87.2 Å². The molecule has 0 bridgehead atoms. The van der Waals surface area contributed by atoms with Crippen LogP contribution >= 0.6 is 27.3 Å². The summed E-state index contributed by atoms with van der Waals surface area (Å²) in [4.78, 5) is 32.7. The smallest absolute Gasteiger partial charge is 0.338 e. The van der Waals surface area contributed by atoms with Crippen LogP contribution < -0.4 is 24.4 Å². The van der Waals surface area contributed by atoms with E-state index >= 15 is 0 Å². The van der Waals surface area contributed by atoms with E-state index in [1.54, 1.807) is 18.4 Å². The first-order valence-corrected chi connectivity index (χ1v) is 16.4. The summed E-state index contributed by atoms with van der Waals surface area (Å²) in [5.41, 5.74) is 4.12. The third kappa shape index (κ3) is 7.21. The quantitative estimate of drug-likeness (QED) is 0.130. The van der Waals surface area contributed by atoms with E-state index in [9.17, 15) is 9.59 Å². The molecule has 45 heavy (non-hydrogen) atoms. The van der Waals surface area contributed by atoms with Crippen molar-refractivity contribution >= 4 is 39.3 Å². The van der Waals surface area contributed by atoms with E-state index in [1.165, 1.54) is 11.3 Å². The number of hydrogen-bond acceptors (Lipinski definition) is 7. The van der Waals surface area contributed by atoms with E-state index in [1.807, 2.05) is 92.7 Å². The molecule has 2 heterocycles. The zero-order chi connectivity index (χ0) is 32.1. The lowest BCUT2D eigenvalue weighted by Crippen LogP contribution is -2.40. The molecular weight excluding hydrogens is 652 g/mol. The topological polar surface area (TPSA) is 79.1 Å². The van der Waals surface area contributed by atoms with Crippen LogP contribution in [0.25, 0.3) is 6.08 Å². The number of ether oxygens (including phenoxy) is 3. The number of fused-ring (bicyclic) bond motifs is 1. The van der Waals surface area contributed by atoms with Crippen LogP contribution in [0.2, 0.25) is 0 Å². The molecule has 1 atom stereocenters. The van der Waals surface area contributed by atoms with Crippen molar-refractivity contribution in [3.63, 3.8) is 0 Å². The van der Waals surface area contributed by atoms with E-state index in [-0.39, 0.29) is 18.3 Å². The van der Waals surface area contributed by atoms with Crippen LogP contribution in [-0.4, -0.2) is 23.2 Å². The first kappa shape index (κ1) is 32.2. The molecule has 4 aromatic rings. The van der Waals surface area contributed by atoms with Gasteiger partial charge in [-0.15, -0.1) is 6.58 Å². The Morgan fingerprint density at radius 1 is 1.11 bits per heavy atom. The molecule has 0 unspecified atom stereocenters. The highest BCUT2D eigenvalue weighted by Gasteiger charge is 2.35. The van der Waals surface area contributed by atoms with E-state index in [0.29, 0.717) is 44.9 Å². The summed E-state index contributed by atoms with van der Waals surface area (Å²) in [6, 6.07) is 20.6. The van der Waals surface area contributed by atoms with Crippen molar-refractivity contribution in [2.75, 3.05) is 6.61 Å². The lowest BCUT2D eigenvalue weighted by atomic mass is 9.95. The van der Waals surface area contributed by atoms with Crippen molar-refractivity contribution in [1.82, 2.24) is 4.57 Å². The molecule has 0 spiro atoms. The largest absolute Gasteiger partial charge is 0.491 e. The van der Waals surface area contributed by atoms with Gasteiger partial charge >= 0.3 is 5.97 Å².